The molecule has 5 saturated heterocycles. The number of fused-ring (bicyclic) bond motifs is 3. The van der Waals surface area contributed by atoms with E-state index >= 15 is 8.78 Å². The van der Waals surface area contributed by atoms with Crippen molar-refractivity contribution in [3.05, 3.63) is 115 Å². The topological polar surface area (TPSA) is 648 Å². The molecule has 10 unspecified atom stereocenters. The number of rotatable bonds is 33. The minimum atomic E-state index is -5.84. The van der Waals surface area contributed by atoms with Gasteiger partial charge >= 0.3 is 48.4 Å². The highest BCUT2D eigenvalue weighted by Gasteiger charge is 2.58. The van der Waals surface area contributed by atoms with E-state index in [0.717, 1.165) is 88.7 Å². The van der Waals surface area contributed by atoms with Crippen LogP contribution in [-0.4, -0.2) is 255 Å². The first-order chi connectivity index (χ1) is 53.2. The lowest BCUT2D eigenvalue weighted by molar-refractivity contribution is -0.0641. The number of imidazole rings is 3. The molecule has 13 rings (SSSR count). The number of nitrogens with one attached hydrogen (secondary N) is 3. The highest BCUT2D eigenvalue weighted by atomic mass is 32.7. The largest absolute Gasteiger partial charge is 0.472 e. The standard InChI is InChI=1S/C53H67F2N18O32P5S2/c1-5-91-106(80,81)102-36-24(100-51(40(36)90-4)73-19-65-31-42(57)59-16-61-44(31)73)12-93-107(82,83)101-33-22(97-47(28(33)54)71-18-64-30-41(56)58-15-60-43(30)71)11-92-108(84,85)103-37-25(99-50(39(37)89-3)70-9-7-27(76)68-53(70)79)14-95-109(86,111)104-34-23(98-48(29(34)55)72-20-66-32-45(72)62-17-63-46(32)77)13-94-110(87,112)105-35-21(10-74)96-49(38(35)88-2)69-8-6-26(75)67-52(69)78/h6-9,15-25,28-29,33-40,47-51,74H,5,10-14H2,1-4H3,(H,80,81)(H,82,83)(H,84,85)(H,86,111)(H,87,112)(H2,56,58,60)(H2,57,59,61)(H,62,63,77)(H,67,75,78)(H,68,76,79)/t21-,22-,23-,24-,25-,28+,29+,33?,34?,35?,36?,37?,38+,39+,40+,47-,48-,49-,50-,51-,109?,110?/m1/s1. The summed E-state index contributed by atoms with van der Waals surface area (Å²) in [7, 11) is -13.3. The van der Waals surface area contributed by atoms with Crippen LogP contribution in [0.15, 0.2) is 86.5 Å². The van der Waals surface area contributed by atoms with E-state index < -0.39 is 221 Å². The number of H-pyrrole nitrogens is 3. The Bertz CT molecular complexity index is 5340. The lowest BCUT2D eigenvalue weighted by Gasteiger charge is -2.28. The van der Waals surface area contributed by atoms with Crippen molar-refractivity contribution in [2.24, 2.45) is 0 Å². The number of phosphoric ester groups is 3. The molecule has 12 N–H and O–H groups in total. The minimum absolute atomic E-state index is 0.0529. The Balaban J connectivity index is 0.742. The summed E-state index contributed by atoms with van der Waals surface area (Å²) in [5, 5.41) is 10.3. The summed E-state index contributed by atoms with van der Waals surface area (Å²) < 4.78 is 198. The van der Waals surface area contributed by atoms with Gasteiger partial charge in [0, 0.05) is 45.9 Å². The van der Waals surface area contributed by atoms with Gasteiger partial charge in [0.25, 0.3) is 16.7 Å². The average molecular weight is 1730 g/mol. The maximum atomic E-state index is 17.4. The molecule has 0 aliphatic carbocycles. The van der Waals surface area contributed by atoms with E-state index in [0.29, 0.717) is 0 Å². The Morgan fingerprint density at radius 3 is 1.35 bits per heavy atom. The fourth-order valence-corrected chi connectivity index (χ4v) is 18.7. The van der Waals surface area contributed by atoms with E-state index in [4.69, 9.17) is 106 Å². The van der Waals surface area contributed by atoms with Crippen LogP contribution in [0.25, 0.3) is 33.5 Å². The third-order valence-electron chi connectivity index (χ3n) is 17.8. The number of hydrogen-bond donors (Lipinski definition) is 11. The molecule has 0 aromatic carbocycles. The monoisotopic (exact) mass is 1720 g/mol. The van der Waals surface area contributed by atoms with Crippen molar-refractivity contribution in [2.75, 3.05) is 72.4 Å². The molecule has 0 saturated carbocycles. The number of nitrogens with zero attached hydrogens (tertiary/aromatic N) is 13. The molecule has 25 atom stereocenters. The third kappa shape index (κ3) is 17.4. The Morgan fingerprint density at radius 2 is 0.884 bits per heavy atom. The highest BCUT2D eigenvalue weighted by molar-refractivity contribution is 8.44. The van der Waals surface area contributed by atoms with E-state index in [1.165, 1.54) is 24.9 Å². The molecule has 0 amide bonds. The van der Waals surface area contributed by atoms with Crippen LogP contribution in [0, 0.1) is 0 Å². The number of alkyl halides is 2. The number of thiol groups is 1. The lowest BCUT2D eigenvalue weighted by atomic mass is 10.1. The van der Waals surface area contributed by atoms with E-state index in [1.54, 1.807) is 0 Å². The molecule has 8 aromatic heterocycles. The molecule has 13 heterocycles. The number of ether oxygens (including phenoxy) is 8. The first-order valence-electron chi connectivity index (χ1n) is 32.6. The zero-order chi connectivity index (χ0) is 80.3. The molecule has 5 fully saturated rings. The van der Waals surface area contributed by atoms with Gasteiger partial charge in [0.15, 0.2) is 77.6 Å². The SMILES string of the molecule is CCOP(=O)(O)OC1[C@@H](COP(=O)(O)OC2[C@@H](COP(=O)(O)OC3[C@@H](COP(O)(=S)OC4[C@@H](COP(=O)(S)OC5[C@@H](CO)O[C@@H](n6ccc(=O)[nH]c6=O)[C@H]5OC)O[C@@H](n5cnc6c(=O)[nH]cnc65)[C@H]4F)O[C@@H](n4ccc(=O)[nH]c4=O)[C@H]3OC)O[C@@H](n3cnc4c(N)ncnc43)[C@H]2F)O[C@@H](n2cnc3c(N)ncnc32)[C@H]1OC. The molecule has 0 spiro atoms. The Morgan fingerprint density at radius 1 is 0.500 bits per heavy atom. The number of halogens is 2. The second kappa shape index (κ2) is 33.5. The van der Waals surface area contributed by atoms with Crippen molar-refractivity contribution >= 4 is 106 Å². The summed E-state index contributed by atoms with van der Waals surface area (Å²) in [6.07, 6.45) is -28.9. The molecule has 0 bridgehead atoms. The number of nitrogens with two attached hydrogens (primary N) is 2. The smallest absolute Gasteiger partial charge is 0.394 e. The molecular formula is C53H67F2N18O32P5S2. The number of aromatic amines is 3. The molecular weight excluding hydrogens is 1660 g/mol. The zero-order valence-corrected chi connectivity index (χ0v) is 63.8. The molecule has 112 heavy (non-hydrogen) atoms. The maximum absolute atomic E-state index is 17.4. The summed E-state index contributed by atoms with van der Waals surface area (Å²) in [6, 6.07) is 1.86. The van der Waals surface area contributed by atoms with Crippen LogP contribution in [-0.2, 0) is 113 Å². The van der Waals surface area contributed by atoms with Crippen LogP contribution in [0.1, 0.15) is 38.1 Å². The van der Waals surface area contributed by atoms with Gasteiger partial charge in [-0.15, -0.1) is 0 Å². The predicted octanol–water partition coefficient (Wildman–Crippen LogP) is -1.15. The van der Waals surface area contributed by atoms with E-state index in [-0.39, 0.29) is 51.7 Å². The van der Waals surface area contributed by atoms with E-state index in [9.17, 15) is 66.9 Å². The second-order valence-electron chi connectivity index (χ2n) is 24.5. The summed E-state index contributed by atoms with van der Waals surface area (Å²) in [5.74, 6) is -0.242. The van der Waals surface area contributed by atoms with Gasteiger partial charge in [-0.25, -0.2) is 76.5 Å². The number of hydrogen-bond acceptors (Lipinski definition) is 39. The van der Waals surface area contributed by atoms with Crippen LogP contribution >= 0.6 is 49.2 Å². The number of methoxy groups -OCH3 is 3. The zero-order valence-electron chi connectivity index (χ0n) is 57.6. The molecule has 5 aliphatic rings. The lowest BCUT2D eigenvalue weighted by Crippen LogP contribution is -2.40. The quantitative estimate of drug-likeness (QED) is 0.0171. The van der Waals surface area contributed by atoms with Gasteiger partial charge in [0.1, 0.15) is 103 Å². The van der Waals surface area contributed by atoms with Crippen molar-refractivity contribution in [1.82, 2.24) is 77.7 Å². The van der Waals surface area contributed by atoms with Crippen molar-refractivity contribution in [3.8, 4) is 0 Å². The molecule has 5 aliphatic heterocycles. The molecule has 50 nitrogen and oxygen atoms in total. The van der Waals surface area contributed by atoms with Crippen molar-refractivity contribution in [1.29, 1.82) is 0 Å². The minimum Gasteiger partial charge on any atom is -0.394 e. The van der Waals surface area contributed by atoms with Crippen LogP contribution in [0.2, 0.25) is 0 Å². The van der Waals surface area contributed by atoms with Crippen LogP contribution in [0.4, 0.5) is 20.4 Å². The number of aliphatic hydroxyl groups is 1. The Labute approximate surface area is 632 Å². The molecule has 612 valence electrons. The summed E-state index contributed by atoms with van der Waals surface area (Å²) in [5.41, 5.74) is 6.81. The normalized spacial score (nSPS) is 31.6. The van der Waals surface area contributed by atoms with Gasteiger partial charge in [0.2, 0.25) is 0 Å². The van der Waals surface area contributed by atoms with Gasteiger partial charge in [-0.05, 0) is 18.7 Å². The van der Waals surface area contributed by atoms with Gasteiger partial charge in [-0.3, -0.25) is 87.9 Å². The van der Waals surface area contributed by atoms with Gasteiger partial charge in [-0.1, -0.05) is 12.2 Å². The van der Waals surface area contributed by atoms with E-state index in [2.05, 4.69) is 57.1 Å². The van der Waals surface area contributed by atoms with Gasteiger partial charge < -0.3 is 83.6 Å². The fraction of sp³-hybridized carbons (Fsp3) is 0.566. The number of nitrogen functional groups attached to an aromatic ring is 2. The van der Waals surface area contributed by atoms with Crippen molar-refractivity contribution < 1.29 is 135 Å². The molecule has 8 aromatic rings. The van der Waals surface area contributed by atoms with Gasteiger partial charge in [0.05, 0.1) is 65.0 Å². The van der Waals surface area contributed by atoms with E-state index in [1.807, 2.05) is 9.97 Å². The fourth-order valence-electron chi connectivity index (χ4n) is 12.9. The second-order valence-corrected chi connectivity index (χ2v) is 34.4. The van der Waals surface area contributed by atoms with Gasteiger partial charge in [-0.2, -0.15) is 0 Å². The molecule has 0 radical (unpaired) electrons. The Hall–Kier alpha value is -6.73. The third-order valence-corrected chi connectivity index (χ3v) is 24.0. The number of phosphoric acid groups is 3. The number of aliphatic hydroxyl groups excluding tert-OH is 1. The number of anilines is 2. The van der Waals surface area contributed by atoms with Crippen molar-refractivity contribution in [2.45, 2.75) is 130 Å². The number of aromatic nitrogens is 16. The highest BCUT2D eigenvalue weighted by Crippen LogP contribution is 2.59. The van der Waals surface area contributed by atoms with Crippen LogP contribution in [0.5, 0.6) is 0 Å². The maximum Gasteiger partial charge on any atom is 0.472 e. The molecule has 59 heteroatoms. The van der Waals surface area contributed by atoms with Crippen molar-refractivity contribution in [3.63, 3.8) is 0 Å². The Kier molecular flexibility index (Phi) is 24.9. The summed E-state index contributed by atoms with van der Waals surface area (Å²) >= 11 is 9.51. The van der Waals surface area contributed by atoms with Crippen LogP contribution < -0.4 is 39.5 Å². The van der Waals surface area contributed by atoms with Crippen LogP contribution in [0.3, 0.4) is 0 Å². The first-order valence-corrected chi connectivity index (χ1v) is 42.4. The predicted molar refractivity (Wildman–Crippen MR) is 371 cm³/mol. The average Bonchev–Trinajstić information content (AvgIpc) is 1.72. The first kappa shape index (κ1) is 83.2. The summed E-state index contributed by atoms with van der Waals surface area (Å²) in [6.45, 7) is -14.3. The summed E-state index contributed by atoms with van der Waals surface area (Å²) in [4.78, 5) is 148.